The predicted molar refractivity (Wildman–Crippen MR) is 94.5 cm³/mol. The Labute approximate surface area is 152 Å². The van der Waals surface area contributed by atoms with Gasteiger partial charge in [0.25, 0.3) is 5.91 Å². The van der Waals surface area contributed by atoms with Gasteiger partial charge in [0.1, 0.15) is 4.88 Å². The molecule has 2 aliphatic heterocycles. The number of nitrogens with zero attached hydrogens (tertiary/aromatic N) is 4. The van der Waals surface area contributed by atoms with Gasteiger partial charge in [-0.3, -0.25) is 9.59 Å². The van der Waals surface area contributed by atoms with E-state index in [4.69, 9.17) is 4.74 Å². The first kappa shape index (κ1) is 18.3. The summed E-state index contributed by atoms with van der Waals surface area (Å²) in [6.07, 6.45) is 4.19. The first-order valence-electron chi connectivity index (χ1n) is 8.96. The zero-order chi connectivity index (χ0) is 17.9. The van der Waals surface area contributed by atoms with Gasteiger partial charge in [0.05, 0.1) is 12.3 Å². The van der Waals surface area contributed by atoms with Crippen LogP contribution in [0.25, 0.3) is 0 Å². The maximum absolute atomic E-state index is 12.9. The molecule has 1 spiro atoms. The lowest BCUT2D eigenvalue weighted by molar-refractivity contribution is -0.139. The Balaban J connectivity index is 1.71. The molecule has 3 heterocycles. The monoisotopic (exact) mass is 366 g/mol. The number of aromatic nitrogens is 2. The second-order valence-electron chi connectivity index (χ2n) is 7.04. The van der Waals surface area contributed by atoms with Crippen LogP contribution in [0.3, 0.4) is 0 Å². The van der Waals surface area contributed by atoms with Crippen LogP contribution in [0.1, 0.15) is 48.0 Å². The summed E-state index contributed by atoms with van der Waals surface area (Å²) in [4.78, 5) is 29.7. The van der Waals surface area contributed by atoms with Crippen LogP contribution in [0.5, 0.6) is 0 Å². The fraction of sp³-hybridized carbons (Fsp3) is 0.765. The van der Waals surface area contributed by atoms with Crippen molar-refractivity contribution in [3.8, 4) is 0 Å². The Morgan fingerprint density at radius 1 is 1.36 bits per heavy atom. The summed E-state index contributed by atoms with van der Waals surface area (Å²) in [6.45, 7) is 5.38. The third-order valence-corrected chi connectivity index (χ3v) is 6.10. The summed E-state index contributed by atoms with van der Waals surface area (Å²) in [5.41, 5.74) is 0.801. The molecular weight excluding hydrogens is 340 g/mol. The molecule has 1 aromatic heterocycles. The second kappa shape index (κ2) is 7.78. The smallest absolute Gasteiger partial charge is 0.267 e. The molecule has 0 saturated carbocycles. The van der Waals surface area contributed by atoms with E-state index < -0.39 is 0 Å². The van der Waals surface area contributed by atoms with E-state index in [1.807, 2.05) is 16.7 Å². The zero-order valence-corrected chi connectivity index (χ0v) is 15.8. The van der Waals surface area contributed by atoms with Crippen molar-refractivity contribution in [2.75, 3.05) is 39.9 Å². The van der Waals surface area contributed by atoms with Crippen LogP contribution in [0.4, 0.5) is 0 Å². The summed E-state index contributed by atoms with van der Waals surface area (Å²) >= 11 is 1.19. The minimum atomic E-state index is 0.0139. The number of carbonyl (C=O) groups excluding carboxylic acids is 2. The highest BCUT2D eigenvalue weighted by molar-refractivity contribution is 7.08. The summed E-state index contributed by atoms with van der Waals surface area (Å²) in [5.74, 6) is 0.248. The molecule has 2 aliphatic rings. The summed E-state index contributed by atoms with van der Waals surface area (Å²) in [5, 5.41) is 4.06. The Kier molecular flexibility index (Phi) is 5.68. The maximum atomic E-state index is 12.9. The van der Waals surface area contributed by atoms with E-state index in [0.29, 0.717) is 31.0 Å². The molecule has 0 N–H and O–H groups in total. The van der Waals surface area contributed by atoms with Gasteiger partial charge in [0.2, 0.25) is 5.91 Å². The number of piperidine rings is 2. The van der Waals surface area contributed by atoms with Gasteiger partial charge in [0, 0.05) is 45.1 Å². The lowest BCUT2D eigenvalue weighted by Crippen LogP contribution is -2.55. The van der Waals surface area contributed by atoms with E-state index in [1.165, 1.54) is 11.5 Å². The van der Waals surface area contributed by atoms with E-state index in [0.717, 1.165) is 44.5 Å². The average Bonchev–Trinajstić information content (AvgIpc) is 3.11. The molecule has 8 heteroatoms. The van der Waals surface area contributed by atoms with E-state index in [-0.39, 0.29) is 17.2 Å². The first-order chi connectivity index (χ1) is 12.1. The molecule has 2 amide bonds. The summed E-state index contributed by atoms with van der Waals surface area (Å²) in [7, 11) is 1.65. The van der Waals surface area contributed by atoms with Gasteiger partial charge in [-0.1, -0.05) is 11.4 Å². The number of methoxy groups -OCH3 is 1. The third-order valence-electron chi connectivity index (χ3n) is 5.35. The highest BCUT2D eigenvalue weighted by atomic mass is 32.1. The molecule has 1 aromatic rings. The van der Waals surface area contributed by atoms with Crippen molar-refractivity contribution in [1.82, 2.24) is 19.4 Å². The van der Waals surface area contributed by atoms with Crippen molar-refractivity contribution in [3.05, 3.63) is 10.6 Å². The zero-order valence-electron chi connectivity index (χ0n) is 15.0. The minimum absolute atomic E-state index is 0.0139. The first-order valence-corrected chi connectivity index (χ1v) is 9.73. The van der Waals surface area contributed by atoms with Crippen LogP contribution in [0, 0.1) is 5.41 Å². The van der Waals surface area contributed by atoms with Crippen LogP contribution in [0.2, 0.25) is 0 Å². The lowest BCUT2D eigenvalue weighted by Gasteiger charge is -2.48. The van der Waals surface area contributed by atoms with Crippen LogP contribution in [0.15, 0.2) is 0 Å². The lowest BCUT2D eigenvalue weighted by atomic mass is 9.73. The maximum Gasteiger partial charge on any atom is 0.267 e. The van der Waals surface area contributed by atoms with E-state index in [9.17, 15) is 9.59 Å². The standard InChI is InChI=1S/C17H26N4O3S/c1-3-13-15(25-19-18-13)16(23)21-8-4-6-17(12-21)7-5-14(22)20(11-17)9-10-24-2/h3-12H2,1-2H3/t17-/m0/s1. The molecule has 2 fully saturated rings. The number of amides is 2. The van der Waals surface area contributed by atoms with Crippen molar-refractivity contribution in [2.24, 2.45) is 5.41 Å². The second-order valence-corrected chi connectivity index (χ2v) is 7.79. The van der Waals surface area contributed by atoms with Gasteiger partial charge in [-0.2, -0.15) is 0 Å². The molecule has 0 bridgehead atoms. The number of hydrogen-bond donors (Lipinski definition) is 0. The largest absolute Gasteiger partial charge is 0.383 e. The molecule has 0 aliphatic carbocycles. The van der Waals surface area contributed by atoms with Crippen LogP contribution >= 0.6 is 11.5 Å². The quantitative estimate of drug-likeness (QED) is 0.791. The number of rotatable bonds is 5. The van der Waals surface area contributed by atoms with Gasteiger partial charge in [0.15, 0.2) is 0 Å². The molecule has 0 unspecified atom stereocenters. The Bertz CT molecular complexity index is 635. The molecule has 7 nitrogen and oxygen atoms in total. The highest BCUT2D eigenvalue weighted by Crippen LogP contribution is 2.39. The molecule has 25 heavy (non-hydrogen) atoms. The van der Waals surface area contributed by atoms with E-state index in [2.05, 4.69) is 9.59 Å². The number of ether oxygens (including phenoxy) is 1. The molecule has 0 radical (unpaired) electrons. The van der Waals surface area contributed by atoms with Gasteiger partial charge in [-0.25, -0.2) is 0 Å². The number of carbonyl (C=O) groups is 2. The SMILES string of the molecule is CCc1nnsc1C(=O)N1CCC[C@@]2(CCC(=O)N(CCOC)C2)C1. The Morgan fingerprint density at radius 3 is 2.96 bits per heavy atom. The van der Waals surface area contributed by atoms with Crippen LogP contribution < -0.4 is 0 Å². The average molecular weight is 366 g/mol. The van der Waals surface area contributed by atoms with Gasteiger partial charge >= 0.3 is 0 Å². The topological polar surface area (TPSA) is 75.6 Å². The van der Waals surface area contributed by atoms with Crippen molar-refractivity contribution < 1.29 is 14.3 Å². The Morgan fingerprint density at radius 2 is 2.20 bits per heavy atom. The molecule has 2 saturated heterocycles. The molecular formula is C17H26N4O3S. The fourth-order valence-electron chi connectivity index (χ4n) is 3.97. The van der Waals surface area contributed by atoms with Crippen molar-refractivity contribution in [1.29, 1.82) is 0 Å². The molecule has 138 valence electrons. The molecule has 3 rings (SSSR count). The van der Waals surface area contributed by atoms with E-state index >= 15 is 0 Å². The highest BCUT2D eigenvalue weighted by Gasteiger charge is 2.43. The Hall–Kier alpha value is -1.54. The molecule has 1 atom stereocenters. The molecule has 0 aromatic carbocycles. The van der Waals surface area contributed by atoms with Crippen LogP contribution in [-0.4, -0.2) is 71.1 Å². The van der Waals surface area contributed by atoms with Gasteiger partial charge in [-0.15, -0.1) is 5.10 Å². The minimum Gasteiger partial charge on any atom is -0.383 e. The number of aryl methyl sites for hydroxylation is 1. The summed E-state index contributed by atoms with van der Waals surface area (Å²) < 4.78 is 9.08. The van der Waals surface area contributed by atoms with Crippen molar-refractivity contribution in [3.63, 3.8) is 0 Å². The summed E-state index contributed by atoms with van der Waals surface area (Å²) in [6, 6.07) is 0. The third kappa shape index (κ3) is 3.84. The van der Waals surface area contributed by atoms with E-state index in [1.54, 1.807) is 7.11 Å². The predicted octanol–water partition coefficient (Wildman–Crippen LogP) is 1.59. The normalized spacial score (nSPS) is 24.2. The fourth-order valence-corrected chi connectivity index (χ4v) is 4.69. The van der Waals surface area contributed by atoms with Gasteiger partial charge in [-0.05, 0) is 37.2 Å². The van der Waals surface area contributed by atoms with Crippen LogP contribution in [-0.2, 0) is 16.0 Å². The van der Waals surface area contributed by atoms with Gasteiger partial charge < -0.3 is 14.5 Å². The van der Waals surface area contributed by atoms with Crippen molar-refractivity contribution >= 4 is 23.3 Å². The number of hydrogen-bond acceptors (Lipinski definition) is 6. The van der Waals surface area contributed by atoms with Crippen molar-refractivity contribution in [2.45, 2.75) is 39.0 Å². The number of likely N-dealkylation sites (tertiary alicyclic amines) is 2.